The number of likely N-dealkylation sites (tertiary alicyclic amines) is 2. The maximum atomic E-state index is 13.1. The highest BCUT2D eigenvalue weighted by atomic mass is 16.2. The molecular weight excluding hydrogens is 342 g/mol. The number of hydrogen-bond acceptors (Lipinski definition) is 3. The van der Waals surface area contributed by atoms with Gasteiger partial charge in [-0.15, -0.1) is 0 Å². The van der Waals surface area contributed by atoms with Crippen LogP contribution in [0.3, 0.4) is 0 Å². The van der Waals surface area contributed by atoms with E-state index in [1.807, 2.05) is 21.7 Å². The molecule has 2 aliphatic carbocycles. The number of hydrogen-bond donors (Lipinski definition) is 0. The van der Waals surface area contributed by atoms with Gasteiger partial charge in [0.15, 0.2) is 0 Å². The predicted molar refractivity (Wildman–Crippen MR) is 102 cm³/mol. The highest BCUT2D eigenvalue weighted by Crippen LogP contribution is 2.47. The van der Waals surface area contributed by atoms with Crippen LogP contribution in [0.2, 0.25) is 0 Å². The molecule has 27 heavy (non-hydrogen) atoms. The van der Waals surface area contributed by atoms with Crippen molar-refractivity contribution in [2.24, 2.45) is 17.8 Å². The van der Waals surface area contributed by atoms with Crippen LogP contribution in [0.15, 0.2) is 0 Å². The standard InChI is InChI=1S/C21H33N3O3/c1-22(20(15-5-6-15)16-7-8-16)21(27)17-9-10-19(26)24(14-17)13-3-12-23-11-2-4-18(23)25/h15-17,20H,2-14H2,1H3/t17-/m1/s1. The number of rotatable bonds is 8. The molecule has 0 spiro atoms. The maximum Gasteiger partial charge on any atom is 0.227 e. The summed E-state index contributed by atoms with van der Waals surface area (Å²) in [6.07, 6.45) is 8.65. The van der Waals surface area contributed by atoms with Crippen molar-refractivity contribution in [1.29, 1.82) is 0 Å². The largest absolute Gasteiger partial charge is 0.343 e. The zero-order chi connectivity index (χ0) is 19.0. The highest BCUT2D eigenvalue weighted by molar-refractivity contribution is 5.84. The van der Waals surface area contributed by atoms with E-state index in [0.29, 0.717) is 50.2 Å². The fourth-order valence-electron chi connectivity index (χ4n) is 5.05. The SMILES string of the molecule is CN(C(=O)[C@@H]1CCC(=O)N(CCCN2CCCC2=O)C1)C(C1CC1)C1CC1. The molecule has 0 bridgehead atoms. The van der Waals surface area contributed by atoms with Crippen molar-refractivity contribution in [3.8, 4) is 0 Å². The summed E-state index contributed by atoms with van der Waals surface area (Å²) in [5.74, 6) is 2.01. The third-order valence-electron chi connectivity index (χ3n) is 6.88. The summed E-state index contributed by atoms with van der Waals surface area (Å²) in [5.41, 5.74) is 0. The van der Waals surface area contributed by atoms with Crippen molar-refractivity contribution in [3.63, 3.8) is 0 Å². The minimum absolute atomic E-state index is 0.0545. The summed E-state index contributed by atoms with van der Waals surface area (Å²) in [6.45, 7) is 2.79. The summed E-state index contributed by atoms with van der Waals surface area (Å²) in [5, 5.41) is 0. The molecule has 0 aromatic carbocycles. The van der Waals surface area contributed by atoms with Crippen LogP contribution in [0.1, 0.15) is 57.8 Å². The van der Waals surface area contributed by atoms with E-state index in [2.05, 4.69) is 0 Å². The minimum atomic E-state index is -0.0545. The summed E-state index contributed by atoms with van der Waals surface area (Å²) >= 11 is 0. The number of carbonyl (C=O) groups is 3. The normalized spacial score (nSPS) is 26.2. The number of carbonyl (C=O) groups excluding carboxylic acids is 3. The molecule has 0 N–H and O–H groups in total. The number of nitrogens with zero attached hydrogens (tertiary/aromatic N) is 3. The number of piperidine rings is 1. The van der Waals surface area contributed by atoms with Crippen molar-refractivity contribution in [1.82, 2.24) is 14.7 Å². The Morgan fingerprint density at radius 2 is 1.63 bits per heavy atom. The van der Waals surface area contributed by atoms with Gasteiger partial charge in [0.2, 0.25) is 17.7 Å². The highest BCUT2D eigenvalue weighted by Gasteiger charge is 2.46. The molecule has 2 saturated carbocycles. The molecular formula is C21H33N3O3. The molecule has 4 aliphatic rings. The van der Waals surface area contributed by atoms with Gasteiger partial charge >= 0.3 is 0 Å². The van der Waals surface area contributed by atoms with Crippen molar-refractivity contribution in [2.75, 3.05) is 33.2 Å². The van der Waals surface area contributed by atoms with Crippen LogP contribution in [0.25, 0.3) is 0 Å². The average molecular weight is 376 g/mol. The van der Waals surface area contributed by atoms with Crippen LogP contribution in [-0.2, 0) is 14.4 Å². The molecule has 150 valence electrons. The topological polar surface area (TPSA) is 60.9 Å². The summed E-state index contributed by atoms with van der Waals surface area (Å²) in [6, 6.07) is 0.435. The molecule has 6 nitrogen and oxygen atoms in total. The molecule has 1 atom stereocenters. The summed E-state index contributed by atoms with van der Waals surface area (Å²) in [4.78, 5) is 43.0. The third kappa shape index (κ3) is 4.30. The Kier molecular flexibility index (Phi) is 5.42. The van der Waals surface area contributed by atoms with Gasteiger partial charge in [0, 0.05) is 52.1 Å². The van der Waals surface area contributed by atoms with E-state index in [1.54, 1.807) is 0 Å². The van der Waals surface area contributed by atoms with Gasteiger partial charge in [0.1, 0.15) is 0 Å². The van der Waals surface area contributed by atoms with Gasteiger partial charge in [0.25, 0.3) is 0 Å². The van der Waals surface area contributed by atoms with E-state index in [1.165, 1.54) is 25.7 Å². The van der Waals surface area contributed by atoms with E-state index in [0.717, 1.165) is 25.9 Å². The summed E-state index contributed by atoms with van der Waals surface area (Å²) < 4.78 is 0. The lowest BCUT2D eigenvalue weighted by atomic mass is 9.94. The molecule has 2 aliphatic heterocycles. The first-order valence-electron chi connectivity index (χ1n) is 10.9. The Hall–Kier alpha value is -1.59. The molecule has 3 amide bonds. The van der Waals surface area contributed by atoms with Gasteiger partial charge in [-0.1, -0.05) is 0 Å². The van der Waals surface area contributed by atoms with Gasteiger partial charge in [0.05, 0.1) is 5.92 Å². The van der Waals surface area contributed by atoms with Crippen LogP contribution >= 0.6 is 0 Å². The fraction of sp³-hybridized carbons (Fsp3) is 0.857. The molecule has 2 saturated heterocycles. The first-order valence-corrected chi connectivity index (χ1v) is 10.9. The molecule has 0 radical (unpaired) electrons. The van der Waals surface area contributed by atoms with Crippen molar-refractivity contribution in [3.05, 3.63) is 0 Å². The molecule has 4 fully saturated rings. The zero-order valence-electron chi connectivity index (χ0n) is 16.6. The van der Waals surface area contributed by atoms with Crippen molar-refractivity contribution < 1.29 is 14.4 Å². The second-order valence-corrected chi connectivity index (χ2v) is 9.03. The quantitative estimate of drug-likeness (QED) is 0.651. The fourth-order valence-corrected chi connectivity index (χ4v) is 5.05. The Morgan fingerprint density at radius 3 is 2.22 bits per heavy atom. The van der Waals surface area contributed by atoms with Gasteiger partial charge in [-0.3, -0.25) is 14.4 Å². The molecule has 2 heterocycles. The van der Waals surface area contributed by atoms with Crippen LogP contribution < -0.4 is 0 Å². The molecule has 6 heteroatoms. The second kappa shape index (κ2) is 7.80. The van der Waals surface area contributed by atoms with Crippen molar-refractivity contribution >= 4 is 17.7 Å². The van der Waals surface area contributed by atoms with Crippen LogP contribution in [0, 0.1) is 17.8 Å². The second-order valence-electron chi connectivity index (χ2n) is 9.03. The van der Waals surface area contributed by atoms with Gasteiger partial charge in [-0.2, -0.15) is 0 Å². The number of amides is 3. The Balaban J connectivity index is 1.29. The van der Waals surface area contributed by atoms with E-state index in [4.69, 9.17) is 0 Å². The van der Waals surface area contributed by atoms with E-state index >= 15 is 0 Å². The lowest BCUT2D eigenvalue weighted by Crippen LogP contribution is -2.49. The monoisotopic (exact) mass is 375 g/mol. The average Bonchev–Trinajstić information content (AvgIpc) is 3.58. The van der Waals surface area contributed by atoms with E-state index in [-0.39, 0.29) is 23.6 Å². The zero-order valence-corrected chi connectivity index (χ0v) is 16.6. The molecule has 0 unspecified atom stereocenters. The molecule has 4 rings (SSSR count). The van der Waals surface area contributed by atoms with Gasteiger partial charge in [-0.25, -0.2) is 0 Å². The third-order valence-corrected chi connectivity index (χ3v) is 6.88. The van der Waals surface area contributed by atoms with E-state index < -0.39 is 0 Å². The first-order chi connectivity index (χ1) is 13.0. The Bertz CT molecular complexity index is 587. The van der Waals surface area contributed by atoms with Crippen molar-refractivity contribution in [2.45, 2.75) is 63.8 Å². The lowest BCUT2D eigenvalue weighted by molar-refractivity contribution is -0.144. The summed E-state index contributed by atoms with van der Waals surface area (Å²) in [7, 11) is 1.99. The predicted octanol–water partition coefficient (Wildman–Crippen LogP) is 1.88. The van der Waals surface area contributed by atoms with Crippen LogP contribution in [-0.4, -0.2) is 71.7 Å². The molecule has 0 aromatic heterocycles. The Labute approximate surface area is 162 Å². The van der Waals surface area contributed by atoms with Gasteiger partial charge in [-0.05, 0) is 56.8 Å². The molecule has 0 aromatic rings. The van der Waals surface area contributed by atoms with Crippen LogP contribution in [0.4, 0.5) is 0 Å². The van der Waals surface area contributed by atoms with Crippen LogP contribution in [0.5, 0.6) is 0 Å². The first kappa shape index (κ1) is 18.8. The van der Waals surface area contributed by atoms with E-state index in [9.17, 15) is 14.4 Å². The minimum Gasteiger partial charge on any atom is -0.343 e. The Morgan fingerprint density at radius 1 is 1.00 bits per heavy atom. The smallest absolute Gasteiger partial charge is 0.227 e. The van der Waals surface area contributed by atoms with Gasteiger partial charge < -0.3 is 14.7 Å². The maximum absolute atomic E-state index is 13.1. The lowest BCUT2D eigenvalue weighted by Gasteiger charge is -2.37.